The highest BCUT2D eigenvalue weighted by Crippen LogP contribution is 2.43. The van der Waals surface area contributed by atoms with Crippen molar-refractivity contribution >= 4 is 22.4 Å². The molecule has 1 saturated heterocycles. The van der Waals surface area contributed by atoms with Crippen molar-refractivity contribution < 1.29 is 8.78 Å². The molecule has 6 heterocycles. The number of nitriles is 1. The van der Waals surface area contributed by atoms with Crippen molar-refractivity contribution in [1.82, 2.24) is 34.1 Å². The molecule has 1 aliphatic heterocycles. The molecule has 0 spiro atoms. The van der Waals surface area contributed by atoms with Crippen molar-refractivity contribution in [2.45, 2.75) is 25.1 Å². The Balaban J connectivity index is 1.67. The molecule has 0 saturated carbocycles. The fraction of sp³-hybridized carbons (Fsp3) is 0.217. The molecule has 0 aliphatic carbocycles. The first-order valence-electron chi connectivity index (χ1n) is 10.8. The number of anilines is 1. The molecule has 174 valence electrons. The molecule has 2 atom stereocenters. The first-order chi connectivity index (χ1) is 16.9. The lowest BCUT2D eigenvalue weighted by Gasteiger charge is -2.36. The zero-order valence-electron chi connectivity index (χ0n) is 18.4. The molecule has 1 N–H and O–H groups in total. The van der Waals surface area contributed by atoms with E-state index < -0.39 is 23.1 Å². The van der Waals surface area contributed by atoms with Gasteiger partial charge in [0.15, 0.2) is 17.2 Å². The number of aromatic nitrogens is 7. The van der Waals surface area contributed by atoms with Crippen LogP contribution in [0.3, 0.4) is 0 Å². The Morgan fingerprint density at radius 2 is 2.11 bits per heavy atom. The standard InChI is InChI=1S/C23H17F2N9O/c1-23(8-14(24)11-32(23)20-17-13(9-26)10-28-19(17)29-12-30-20)22-31-33-7-5-15(25)18(33)21(35)34(22)16-4-2-3-6-27-16/h2-7,10,12,14H,8,11H2,1H3,(H,28,29,30). The van der Waals surface area contributed by atoms with Crippen LogP contribution in [0, 0.1) is 17.1 Å². The summed E-state index contributed by atoms with van der Waals surface area (Å²) < 4.78 is 32.0. The molecule has 5 aromatic rings. The number of pyridine rings is 1. The van der Waals surface area contributed by atoms with E-state index in [0.717, 1.165) is 10.6 Å². The van der Waals surface area contributed by atoms with E-state index in [1.807, 2.05) is 0 Å². The van der Waals surface area contributed by atoms with Gasteiger partial charge in [0, 0.05) is 25.0 Å². The summed E-state index contributed by atoms with van der Waals surface area (Å²) in [5.41, 5.74) is -1.40. The van der Waals surface area contributed by atoms with Gasteiger partial charge in [0.1, 0.15) is 41.4 Å². The second-order valence-electron chi connectivity index (χ2n) is 8.53. The predicted octanol–water partition coefficient (Wildman–Crippen LogP) is 2.63. The highest BCUT2D eigenvalue weighted by molar-refractivity contribution is 5.93. The highest BCUT2D eigenvalue weighted by atomic mass is 19.1. The summed E-state index contributed by atoms with van der Waals surface area (Å²) in [5, 5.41) is 14.6. The van der Waals surface area contributed by atoms with Crippen LogP contribution in [-0.4, -0.2) is 46.8 Å². The van der Waals surface area contributed by atoms with Crippen LogP contribution in [0.15, 0.2) is 54.0 Å². The Hall–Kier alpha value is -4.66. The molecule has 2 unspecified atom stereocenters. The van der Waals surface area contributed by atoms with Gasteiger partial charge < -0.3 is 9.88 Å². The predicted molar refractivity (Wildman–Crippen MR) is 121 cm³/mol. The first-order valence-corrected chi connectivity index (χ1v) is 10.8. The van der Waals surface area contributed by atoms with E-state index in [1.165, 1.54) is 29.5 Å². The summed E-state index contributed by atoms with van der Waals surface area (Å²) in [4.78, 5) is 31.0. The van der Waals surface area contributed by atoms with Crippen LogP contribution in [0.4, 0.5) is 14.6 Å². The van der Waals surface area contributed by atoms with E-state index in [0.29, 0.717) is 22.4 Å². The van der Waals surface area contributed by atoms with E-state index in [9.17, 15) is 14.4 Å². The molecule has 5 aromatic heterocycles. The van der Waals surface area contributed by atoms with Crippen molar-refractivity contribution in [1.29, 1.82) is 5.26 Å². The Labute approximate surface area is 196 Å². The second kappa shape index (κ2) is 7.42. The molecule has 35 heavy (non-hydrogen) atoms. The van der Waals surface area contributed by atoms with Gasteiger partial charge in [-0.1, -0.05) is 6.07 Å². The third-order valence-corrected chi connectivity index (χ3v) is 6.42. The van der Waals surface area contributed by atoms with Gasteiger partial charge in [-0.15, -0.1) is 0 Å². The Kier molecular flexibility index (Phi) is 4.44. The number of hydrogen-bond donors (Lipinski definition) is 1. The van der Waals surface area contributed by atoms with Crippen molar-refractivity contribution in [3.05, 3.63) is 76.7 Å². The van der Waals surface area contributed by atoms with Gasteiger partial charge in [-0.25, -0.2) is 32.8 Å². The number of H-pyrrole nitrogens is 1. The average Bonchev–Trinajstić information content (AvgIpc) is 3.54. The molecular formula is C23H17F2N9O. The van der Waals surface area contributed by atoms with Crippen molar-refractivity contribution in [2.24, 2.45) is 0 Å². The van der Waals surface area contributed by atoms with Crippen LogP contribution >= 0.6 is 0 Å². The first kappa shape index (κ1) is 20.9. The van der Waals surface area contributed by atoms with E-state index in [-0.39, 0.29) is 30.1 Å². The number of hydrogen-bond acceptors (Lipinski definition) is 7. The van der Waals surface area contributed by atoms with Crippen LogP contribution in [-0.2, 0) is 5.54 Å². The van der Waals surface area contributed by atoms with Gasteiger partial charge >= 0.3 is 0 Å². The molecule has 10 nitrogen and oxygen atoms in total. The number of aromatic amines is 1. The minimum atomic E-state index is -1.29. The van der Waals surface area contributed by atoms with Crippen LogP contribution in [0.25, 0.3) is 22.4 Å². The van der Waals surface area contributed by atoms with Gasteiger partial charge in [0.2, 0.25) is 0 Å². The quantitative estimate of drug-likeness (QED) is 0.428. The number of nitrogens with one attached hydrogen (secondary N) is 1. The zero-order chi connectivity index (χ0) is 24.3. The summed E-state index contributed by atoms with van der Waals surface area (Å²) in [6, 6.07) is 8.23. The summed E-state index contributed by atoms with van der Waals surface area (Å²) in [5.74, 6) is -0.0147. The average molecular weight is 473 g/mol. The van der Waals surface area contributed by atoms with Crippen LogP contribution < -0.4 is 10.5 Å². The Morgan fingerprint density at radius 3 is 2.89 bits per heavy atom. The molecule has 0 bridgehead atoms. The SMILES string of the molecule is CC1(c2nn3ccc(F)c3c(=O)n2-c2ccccn2)CC(F)CN1c1ncnc2[nH]cc(C#N)c12. The van der Waals surface area contributed by atoms with E-state index in [4.69, 9.17) is 0 Å². The van der Waals surface area contributed by atoms with Gasteiger partial charge in [0.05, 0.1) is 17.5 Å². The number of alkyl halides is 1. The minimum Gasteiger partial charge on any atom is -0.345 e. The maximum Gasteiger partial charge on any atom is 0.286 e. The Bertz CT molecular complexity index is 1700. The maximum absolute atomic E-state index is 15.1. The summed E-state index contributed by atoms with van der Waals surface area (Å²) in [7, 11) is 0. The largest absolute Gasteiger partial charge is 0.345 e. The normalized spacial score (nSPS) is 20.1. The third kappa shape index (κ3) is 2.94. The fourth-order valence-electron chi connectivity index (χ4n) is 4.86. The van der Waals surface area contributed by atoms with Gasteiger partial charge in [-0.2, -0.15) is 10.4 Å². The van der Waals surface area contributed by atoms with Gasteiger partial charge in [-0.05, 0) is 25.1 Å². The molecule has 1 aliphatic rings. The monoisotopic (exact) mass is 473 g/mol. The van der Waals surface area contributed by atoms with Crippen molar-refractivity contribution in [3.8, 4) is 11.9 Å². The van der Waals surface area contributed by atoms with Gasteiger partial charge in [0.25, 0.3) is 5.56 Å². The fourth-order valence-corrected chi connectivity index (χ4v) is 4.86. The lowest BCUT2D eigenvalue weighted by Crippen LogP contribution is -2.45. The summed E-state index contributed by atoms with van der Waals surface area (Å²) in [6.45, 7) is 1.68. The highest BCUT2D eigenvalue weighted by Gasteiger charge is 2.49. The molecule has 0 aromatic carbocycles. The zero-order valence-corrected chi connectivity index (χ0v) is 18.4. The number of rotatable bonds is 3. The van der Waals surface area contributed by atoms with Crippen LogP contribution in [0.5, 0.6) is 0 Å². The number of halogens is 2. The third-order valence-electron chi connectivity index (χ3n) is 6.42. The molecule has 1 fully saturated rings. The molecule has 6 rings (SSSR count). The van der Waals surface area contributed by atoms with Crippen LogP contribution in [0.1, 0.15) is 24.7 Å². The smallest absolute Gasteiger partial charge is 0.286 e. The molecule has 12 heteroatoms. The lowest BCUT2D eigenvalue weighted by atomic mass is 9.96. The van der Waals surface area contributed by atoms with Crippen molar-refractivity contribution in [2.75, 3.05) is 11.4 Å². The molecular weight excluding hydrogens is 456 g/mol. The van der Waals surface area contributed by atoms with Crippen LogP contribution in [0.2, 0.25) is 0 Å². The minimum absolute atomic E-state index is 0.0284. The lowest BCUT2D eigenvalue weighted by molar-refractivity contribution is 0.325. The summed E-state index contributed by atoms with van der Waals surface area (Å²) in [6.07, 6.45) is 4.37. The van der Waals surface area contributed by atoms with Gasteiger partial charge in [-0.3, -0.25) is 4.79 Å². The molecule has 0 amide bonds. The maximum atomic E-state index is 15.1. The molecule has 0 radical (unpaired) electrons. The van der Waals surface area contributed by atoms with E-state index in [2.05, 4.69) is 31.1 Å². The topological polar surface area (TPSA) is 121 Å². The van der Waals surface area contributed by atoms with E-state index >= 15 is 4.39 Å². The number of nitrogens with zero attached hydrogens (tertiary/aromatic N) is 8. The van der Waals surface area contributed by atoms with E-state index in [1.54, 1.807) is 30.0 Å². The summed E-state index contributed by atoms with van der Waals surface area (Å²) >= 11 is 0. The van der Waals surface area contributed by atoms with Crippen molar-refractivity contribution in [3.63, 3.8) is 0 Å². The number of fused-ring (bicyclic) bond motifs is 2. The second-order valence-corrected chi connectivity index (χ2v) is 8.53. The Morgan fingerprint density at radius 1 is 1.26 bits per heavy atom.